The lowest BCUT2D eigenvalue weighted by atomic mass is 10.1. The largest absolute Gasteiger partial charge is 0.349 e. The summed E-state index contributed by atoms with van der Waals surface area (Å²) in [5, 5.41) is 0. The highest BCUT2D eigenvalue weighted by Gasteiger charge is 2.26. The quantitative estimate of drug-likeness (QED) is 0.768. The number of hydrogen-bond donors (Lipinski definition) is 1. The molecule has 2 atom stereocenters. The molecular weight excluding hydrogens is 176 g/mol. The van der Waals surface area contributed by atoms with Gasteiger partial charge in [-0.15, -0.1) is 0 Å². The number of rotatable bonds is 2. The summed E-state index contributed by atoms with van der Waals surface area (Å²) in [5.74, 6) is 0. The first-order valence-corrected chi connectivity index (χ1v) is 4.97. The van der Waals surface area contributed by atoms with Gasteiger partial charge >= 0.3 is 0 Å². The zero-order valence-electron chi connectivity index (χ0n) is 8.39. The molecule has 1 aliphatic heterocycles. The minimum atomic E-state index is -0.245. The van der Waals surface area contributed by atoms with Gasteiger partial charge in [-0.1, -0.05) is 30.3 Å². The van der Waals surface area contributed by atoms with Gasteiger partial charge in [0.15, 0.2) is 6.35 Å². The van der Waals surface area contributed by atoms with E-state index in [1.165, 1.54) is 5.56 Å². The Labute approximate surface area is 84.5 Å². The van der Waals surface area contributed by atoms with Gasteiger partial charge in [-0.25, -0.2) is 0 Å². The first-order valence-electron chi connectivity index (χ1n) is 4.97. The van der Waals surface area contributed by atoms with Gasteiger partial charge in [-0.2, -0.15) is 0 Å². The maximum absolute atomic E-state index is 5.82. The van der Waals surface area contributed by atoms with Crippen molar-refractivity contribution in [1.82, 2.24) is 4.90 Å². The standard InChI is InChI=1S/C11H16N2O/c1-9(10-5-3-2-4-6-10)13-7-8-14-11(13)12/h2-6,9,11H,7-8,12H2,1H3. The maximum Gasteiger partial charge on any atom is 0.164 e. The van der Waals surface area contributed by atoms with Gasteiger partial charge in [0, 0.05) is 12.6 Å². The summed E-state index contributed by atoms with van der Waals surface area (Å²) >= 11 is 0. The fourth-order valence-electron chi connectivity index (χ4n) is 1.84. The molecule has 1 saturated heterocycles. The van der Waals surface area contributed by atoms with Crippen LogP contribution in [0.1, 0.15) is 18.5 Å². The summed E-state index contributed by atoms with van der Waals surface area (Å²) in [6.45, 7) is 3.81. The molecule has 14 heavy (non-hydrogen) atoms. The van der Waals surface area contributed by atoms with E-state index in [1.807, 2.05) is 18.2 Å². The Kier molecular flexibility index (Phi) is 2.82. The van der Waals surface area contributed by atoms with E-state index < -0.39 is 0 Å². The SMILES string of the molecule is CC(c1ccccc1)N1CCOC1N. The molecule has 3 heteroatoms. The fraction of sp³-hybridized carbons (Fsp3) is 0.455. The van der Waals surface area contributed by atoms with E-state index in [0.717, 1.165) is 13.2 Å². The van der Waals surface area contributed by atoms with Crippen molar-refractivity contribution < 1.29 is 4.74 Å². The zero-order valence-corrected chi connectivity index (χ0v) is 8.39. The van der Waals surface area contributed by atoms with Gasteiger partial charge in [0.05, 0.1) is 6.61 Å². The lowest BCUT2D eigenvalue weighted by Crippen LogP contribution is -2.39. The average molecular weight is 192 g/mol. The Hall–Kier alpha value is -0.900. The highest BCUT2D eigenvalue weighted by molar-refractivity contribution is 5.18. The number of nitrogens with zero attached hydrogens (tertiary/aromatic N) is 1. The van der Waals surface area contributed by atoms with Gasteiger partial charge in [0.25, 0.3) is 0 Å². The van der Waals surface area contributed by atoms with Crippen molar-refractivity contribution in [3.8, 4) is 0 Å². The molecule has 0 bridgehead atoms. The minimum Gasteiger partial charge on any atom is -0.349 e. The van der Waals surface area contributed by atoms with E-state index in [0.29, 0.717) is 6.04 Å². The number of nitrogens with two attached hydrogens (primary N) is 1. The summed E-state index contributed by atoms with van der Waals surface area (Å²) in [5.41, 5.74) is 7.11. The summed E-state index contributed by atoms with van der Waals surface area (Å²) < 4.78 is 5.31. The molecule has 1 aromatic carbocycles. The van der Waals surface area contributed by atoms with Crippen LogP contribution in [-0.4, -0.2) is 24.4 Å². The van der Waals surface area contributed by atoms with Crippen LogP contribution in [0.2, 0.25) is 0 Å². The van der Waals surface area contributed by atoms with Crippen molar-refractivity contribution in [1.29, 1.82) is 0 Å². The lowest BCUT2D eigenvalue weighted by Gasteiger charge is -2.26. The van der Waals surface area contributed by atoms with E-state index in [-0.39, 0.29) is 6.35 Å². The van der Waals surface area contributed by atoms with Crippen LogP contribution in [0.5, 0.6) is 0 Å². The third-order valence-electron chi connectivity index (χ3n) is 2.74. The molecular formula is C11H16N2O. The van der Waals surface area contributed by atoms with Crippen molar-refractivity contribution >= 4 is 0 Å². The first-order chi connectivity index (χ1) is 6.79. The summed E-state index contributed by atoms with van der Waals surface area (Å²) in [4.78, 5) is 2.16. The predicted molar refractivity (Wildman–Crippen MR) is 55.5 cm³/mol. The first kappa shape index (κ1) is 9.65. The monoisotopic (exact) mass is 192 g/mol. The Morgan fingerprint density at radius 3 is 2.71 bits per heavy atom. The molecule has 2 unspecified atom stereocenters. The van der Waals surface area contributed by atoms with E-state index in [9.17, 15) is 0 Å². The molecule has 1 fully saturated rings. The molecule has 76 valence electrons. The summed E-state index contributed by atoms with van der Waals surface area (Å²) in [6, 6.07) is 10.7. The molecule has 0 saturated carbocycles. The molecule has 0 amide bonds. The summed E-state index contributed by atoms with van der Waals surface area (Å²) in [6.07, 6.45) is -0.245. The van der Waals surface area contributed by atoms with E-state index in [4.69, 9.17) is 10.5 Å². The molecule has 0 aliphatic carbocycles. The third-order valence-corrected chi connectivity index (χ3v) is 2.74. The smallest absolute Gasteiger partial charge is 0.164 e. The van der Waals surface area contributed by atoms with Gasteiger partial charge < -0.3 is 4.74 Å². The Balaban J connectivity index is 2.12. The van der Waals surface area contributed by atoms with E-state index >= 15 is 0 Å². The van der Waals surface area contributed by atoms with E-state index in [1.54, 1.807) is 0 Å². The highest BCUT2D eigenvalue weighted by Crippen LogP contribution is 2.23. The molecule has 2 N–H and O–H groups in total. The fourth-order valence-corrected chi connectivity index (χ4v) is 1.84. The van der Waals surface area contributed by atoms with Gasteiger partial charge in [-0.3, -0.25) is 10.6 Å². The molecule has 3 nitrogen and oxygen atoms in total. The molecule has 0 aromatic heterocycles. The van der Waals surface area contributed by atoms with Gasteiger partial charge in [0.2, 0.25) is 0 Å². The Morgan fingerprint density at radius 1 is 1.43 bits per heavy atom. The third kappa shape index (κ3) is 1.80. The topological polar surface area (TPSA) is 38.5 Å². The molecule has 2 rings (SSSR count). The van der Waals surface area contributed by atoms with Crippen molar-refractivity contribution in [2.75, 3.05) is 13.2 Å². The van der Waals surface area contributed by atoms with Crippen LogP contribution in [0.4, 0.5) is 0 Å². The van der Waals surface area contributed by atoms with Crippen molar-refractivity contribution in [3.05, 3.63) is 35.9 Å². The van der Waals surface area contributed by atoms with Crippen LogP contribution in [-0.2, 0) is 4.74 Å². The van der Waals surface area contributed by atoms with E-state index in [2.05, 4.69) is 24.0 Å². The molecule has 1 heterocycles. The number of hydrogen-bond acceptors (Lipinski definition) is 3. The Bertz CT molecular complexity index is 289. The second-order valence-electron chi connectivity index (χ2n) is 3.59. The second-order valence-corrected chi connectivity index (χ2v) is 3.59. The van der Waals surface area contributed by atoms with Crippen LogP contribution < -0.4 is 5.73 Å². The van der Waals surface area contributed by atoms with Crippen LogP contribution in [0.15, 0.2) is 30.3 Å². The van der Waals surface area contributed by atoms with Crippen LogP contribution in [0.3, 0.4) is 0 Å². The minimum absolute atomic E-state index is 0.245. The molecule has 0 spiro atoms. The van der Waals surface area contributed by atoms with Crippen LogP contribution in [0.25, 0.3) is 0 Å². The average Bonchev–Trinajstić information content (AvgIpc) is 2.65. The van der Waals surface area contributed by atoms with Gasteiger partial charge in [0.1, 0.15) is 0 Å². The zero-order chi connectivity index (χ0) is 9.97. The normalized spacial score (nSPS) is 25.1. The molecule has 0 radical (unpaired) electrons. The van der Waals surface area contributed by atoms with Crippen molar-refractivity contribution in [2.45, 2.75) is 19.3 Å². The lowest BCUT2D eigenvalue weighted by molar-refractivity contribution is 0.0210. The van der Waals surface area contributed by atoms with Crippen LogP contribution >= 0.6 is 0 Å². The Morgan fingerprint density at radius 2 is 2.14 bits per heavy atom. The van der Waals surface area contributed by atoms with Crippen molar-refractivity contribution in [2.24, 2.45) is 5.73 Å². The molecule has 1 aromatic rings. The predicted octanol–water partition coefficient (Wildman–Crippen LogP) is 1.32. The maximum atomic E-state index is 5.82. The van der Waals surface area contributed by atoms with Gasteiger partial charge in [-0.05, 0) is 12.5 Å². The second kappa shape index (κ2) is 4.09. The van der Waals surface area contributed by atoms with Crippen molar-refractivity contribution in [3.63, 3.8) is 0 Å². The molecule has 1 aliphatic rings. The number of benzene rings is 1. The highest BCUT2D eigenvalue weighted by atomic mass is 16.5. The number of ether oxygens (including phenoxy) is 1. The summed E-state index contributed by atoms with van der Waals surface area (Å²) in [7, 11) is 0. The van der Waals surface area contributed by atoms with Crippen LogP contribution in [0, 0.1) is 0 Å².